The number of rotatable bonds is 1. The third-order valence-corrected chi connectivity index (χ3v) is 2.37. The second kappa shape index (κ2) is 3.49. The SMILES string of the molecule is N#Cc1ccc2ccccc2c1CN. The van der Waals surface area contributed by atoms with E-state index in [2.05, 4.69) is 6.07 Å². The quantitative estimate of drug-likeness (QED) is 0.734. The highest BCUT2D eigenvalue weighted by Gasteiger charge is 2.04. The molecule has 2 rings (SSSR count). The average Bonchev–Trinajstić information content (AvgIpc) is 2.27. The highest BCUT2D eigenvalue weighted by molar-refractivity contribution is 5.87. The Morgan fingerprint density at radius 3 is 2.64 bits per heavy atom. The average molecular weight is 182 g/mol. The topological polar surface area (TPSA) is 49.8 Å². The molecule has 0 heterocycles. The van der Waals surface area contributed by atoms with Crippen molar-refractivity contribution in [1.82, 2.24) is 0 Å². The lowest BCUT2D eigenvalue weighted by molar-refractivity contribution is 1.08. The van der Waals surface area contributed by atoms with Crippen molar-refractivity contribution in [3.63, 3.8) is 0 Å². The molecular weight excluding hydrogens is 172 g/mol. The second-order valence-corrected chi connectivity index (χ2v) is 3.13. The molecule has 14 heavy (non-hydrogen) atoms. The van der Waals surface area contributed by atoms with Crippen molar-refractivity contribution in [3.8, 4) is 6.07 Å². The van der Waals surface area contributed by atoms with Gasteiger partial charge in [-0.25, -0.2) is 0 Å². The van der Waals surface area contributed by atoms with Crippen molar-refractivity contribution >= 4 is 10.8 Å². The second-order valence-electron chi connectivity index (χ2n) is 3.13. The number of benzene rings is 2. The molecule has 2 aromatic rings. The number of hydrogen-bond donors (Lipinski definition) is 1. The summed E-state index contributed by atoms with van der Waals surface area (Å²) in [4.78, 5) is 0. The van der Waals surface area contributed by atoms with E-state index in [1.165, 1.54) is 0 Å². The molecule has 0 saturated heterocycles. The summed E-state index contributed by atoms with van der Waals surface area (Å²) in [6, 6.07) is 13.9. The number of nitriles is 1. The minimum atomic E-state index is 0.407. The van der Waals surface area contributed by atoms with Crippen LogP contribution < -0.4 is 5.73 Å². The fourth-order valence-corrected chi connectivity index (χ4v) is 1.66. The van der Waals surface area contributed by atoms with Gasteiger partial charge in [-0.1, -0.05) is 30.3 Å². The van der Waals surface area contributed by atoms with E-state index in [9.17, 15) is 0 Å². The summed E-state index contributed by atoms with van der Waals surface area (Å²) >= 11 is 0. The Bertz CT molecular complexity index is 509. The standard InChI is InChI=1S/C12H10N2/c13-7-10-6-5-9-3-1-2-4-11(9)12(10)8-14/h1-6H,8,14H2. The van der Waals surface area contributed by atoms with E-state index < -0.39 is 0 Å². The van der Waals surface area contributed by atoms with Crippen molar-refractivity contribution in [1.29, 1.82) is 5.26 Å². The van der Waals surface area contributed by atoms with Gasteiger partial charge in [0, 0.05) is 6.54 Å². The molecule has 0 aliphatic rings. The van der Waals surface area contributed by atoms with Gasteiger partial charge in [0.05, 0.1) is 11.6 Å². The normalized spacial score (nSPS) is 10.0. The van der Waals surface area contributed by atoms with Crippen LogP contribution >= 0.6 is 0 Å². The van der Waals surface area contributed by atoms with E-state index >= 15 is 0 Å². The Kier molecular flexibility index (Phi) is 2.18. The van der Waals surface area contributed by atoms with Crippen LogP contribution in [0.1, 0.15) is 11.1 Å². The first-order valence-electron chi connectivity index (χ1n) is 4.47. The molecule has 68 valence electrons. The van der Waals surface area contributed by atoms with Crippen LogP contribution in [0.15, 0.2) is 36.4 Å². The first kappa shape index (κ1) is 8.74. The predicted octanol–water partition coefficient (Wildman–Crippen LogP) is 2.17. The molecule has 0 bridgehead atoms. The molecule has 0 radical (unpaired) electrons. The maximum atomic E-state index is 8.90. The maximum absolute atomic E-state index is 8.90. The van der Waals surface area contributed by atoms with E-state index in [1.54, 1.807) is 0 Å². The highest BCUT2D eigenvalue weighted by atomic mass is 14.5. The predicted molar refractivity (Wildman–Crippen MR) is 56.6 cm³/mol. The number of nitrogens with zero attached hydrogens (tertiary/aromatic N) is 1. The molecule has 0 fully saturated rings. The van der Waals surface area contributed by atoms with Crippen LogP contribution in [0.2, 0.25) is 0 Å². The summed E-state index contributed by atoms with van der Waals surface area (Å²) in [5.74, 6) is 0. The Balaban J connectivity index is 2.85. The zero-order chi connectivity index (χ0) is 9.97. The van der Waals surface area contributed by atoms with Gasteiger partial charge in [0.1, 0.15) is 0 Å². The summed E-state index contributed by atoms with van der Waals surface area (Å²) in [5, 5.41) is 11.1. The Hall–Kier alpha value is -1.85. The third kappa shape index (κ3) is 1.24. The number of hydrogen-bond acceptors (Lipinski definition) is 2. The molecular formula is C12H10N2. The summed E-state index contributed by atoms with van der Waals surface area (Å²) in [7, 11) is 0. The Morgan fingerprint density at radius 2 is 1.93 bits per heavy atom. The van der Waals surface area contributed by atoms with Crippen molar-refractivity contribution in [2.24, 2.45) is 5.73 Å². The minimum Gasteiger partial charge on any atom is -0.326 e. The van der Waals surface area contributed by atoms with Crippen LogP contribution in [0.25, 0.3) is 10.8 Å². The highest BCUT2D eigenvalue weighted by Crippen LogP contribution is 2.21. The Labute approximate surface area is 82.6 Å². The first-order valence-corrected chi connectivity index (χ1v) is 4.47. The molecule has 0 unspecified atom stereocenters. The lowest BCUT2D eigenvalue weighted by atomic mass is 10.00. The van der Waals surface area contributed by atoms with Gasteiger partial charge in [-0.2, -0.15) is 5.26 Å². The Morgan fingerprint density at radius 1 is 1.14 bits per heavy atom. The van der Waals surface area contributed by atoms with Crippen molar-refractivity contribution < 1.29 is 0 Å². The monoisotopic (exact) mass is 182 g/mol. The van der Waals surface area contributed by atoms with Crippen LogP contribution in [0.4, 0.5) is 0 Å². The summed E-state index contributed by atoms with van der Waals surface area (Å²) in [5.41, 5.74) is 7.25. The van der Waals surface area contributed by atoms with Crippen LogP contribution in [-0.4, -0.2) is 0 Å². The molecule has 2 nitrogen and oxygen atoms in total. The van der Waals surface area contributed by atoms with Crippen LogP contribution in [0.5, 0.6) is 0 Å². The lowest BCUT2D eigenvalue weighted by Gasteiger charge is -2.05. The molecule has 0 aromatic heterocycles. The number of fused-ring (bicyclic) bond motifs is 1. The first-order chi connectivity index (χ1) is 6.86. The van der Waals surface area contributed by atoms with Gasteiger partial charge in [0.15, 0.2) is 0 Å². The van der Waals surface area contributed by atoms with Crippen molar-refractivity contribution in [2.45, 2.75) is 6.54 Å². The minimum absolute atomic E-state index is 0.407. The fraction of sp³-hybridized carbons (Fsp3) is 0.0833. The maximum Gasteiger partial charge on any atom is 0.0995 e. The summed E-state index contributed by atoms with van der Waals surface area (Å²) in [6.07, 6.45) is 0. The van der Waals surface area contributed by atoms with Crippen LogP contribution in [0.3, 0.4) is 0 Å². The van der Waals surface area contributed by atoms with E-state index in [0.29, 0.717) is 12.1 Å². The van der Waals surface area contributed by atoms with Gasteiger partial charge in [-0.05, 0) is 22.4 Å². The molecule has 0 aliphatic carbocycles. The number of nitrogens with two attached hydrogens (primary N) is 1. The van der Waals surface area contributed by atoms with Gasteiger partial charge in [-0.3, -0.25) is 0 Å². The van der Waals surface area contributed by atoms with Gasteiger partial charge >= 0.3 is 0 Å². The fourth-order valence-electron chi connectivity index (χ4n) is 1.66. The summed E-state index contributed by atoms with van der Waals surface area (Å²) < 4.78 is 0. The van der Waals surface area contributed by atoms with Crippen molar-refractivity contribution in [3.05, 3.63) is 47.5 Å². The molecule has 2 N–H and O–H groups in total. The molecule has 0 amide bonds. The van der Waals surface area contributed by atoms with E-state index in [0.717, 1.165) is 16.3 Å². The largest absolute Gasteiger partial charge is 0.326 e. The molecule has 0 spiro atoms. The molecule has 0 aliphatic heterocycles. The molecule has 2 heteroatoms. The zero-order valence-corrected chi connectivity index (χ0v) is 7.70. The lowest BCUT2D eigenvalue weighted by Crippen LogP contribution is -2.00. The molecule has 0 atom stereocenters. The zero-order valence-electron chi connectivity index (χ0n) is 7.70. The van der Waals surface area contributed by atoms with Crippen molar-refractivity contribution in [2.75, 3.05) is 0 Å². The van der Waals surface area contributed by atoms with Crippen LogP contribution in [0, 0.1) is 11.3 Å². The van der Waals surface area contributed by atoms with Gasteiger partial charge < -0.3 is 5.73 Å². The van der Waals surface area contributed by atoms with E-state index in [-0.39, 0.29) is 0 Å². The molecule has 2 aromatic carbocycles. The smallest absolute Gasteiger partial charge is 0.0995 e. The van der Waals surface area contributed by atoms with E-state index in [4.69, 9.17) is 11.0 Å². The van der Waals surface area contributed by atoms with Gasteiger partial charge in [0.25, 0.3) is 0 Å². The van der Waals surface area contributed by atoms with Gasteiger partial charge in [0.2, 0.25) is 0 Å². The van der Waals surface area contributed by atoms with E-state index in [1.807, 2.05) is 36.4 Å². The molecule has 0 saturated carbocycles. The van der Waals surface area contributed by atoms with Gasteiger partial charge in [-0.15, -0.1) is 0 Å². The van der Waals surface area contributed by atoms with Crippen LogP contribution in [-0.2, 0) is 6.54 Å². The summed E-state index contributed by atoms with van der Waals surface area (Å²) in [6.45, 7) is 0.407. The third-order valence-electron chi connectivity index (χ3n) is 2.37.